The predicted molar refractivity (Wildman–Crippen MR) is 97.7 cm³/mol. The lowest BCUT2D eigenvalue weighted by Crippen LogP contribution is -2.04. The van der Waals surface area contributed by atoms with Crippen molar-refractivity contribution in [1.29, 1.82) is 5.26 Å². The molecule has 6 heteroatoms. The summed E-state index contributed by atoms with van der Waals surface area (Å²) in [6.07, 6.45) is 3.87. The van der Waals surface area contributed by atoms with E-state index < -0.39 is 0 Å². The van der Waals surface area contributed by atoms with E-state index in [1.54, 1.807) is 18.2 Å². The third-order valence-corrected chi connectivity index (χ3v) is 3.77. The highest BCUT2D eigenvalue weighted by Crippen LogP contribution is 2.24. The molecule has 0 saturated heterocycles. The second-order valence-electron chi connectivity index (χ2n) is 5.56. The lowest BCUT2D eigenvalue weighted by Gasteiger charge is -2.11. The number of nitrogens with one attached hydrogen (secondary N) is 1. The number of aromatic nitrogens is 3. The van der Waals surface area contributed by atoms with Crippen LogP contribution in [-0.2, 0) is 0 Å². The van der Waals surface area contributed by atoms with Gasteiger partial charge >= 0.3 is 0 Å². The third-order valence-electron chi connectivity index (χ3n) is 3.77. The number of benzene rings is 2. The van der Waals surface area contributed by atoms with E-state index in [1.165, 1.54) is 0 Å². The fourth-order valence-electron chi connectivity index (χ4n) is 2.71. The molecule has 0 atom stereocenters. The van der Waals surface area contributed by atoms with Crippen LogP contribution in [0, 0.1) is 11.3 Å². The molecule has 0 spiro atoms. The zero-order valence-electron chi connectivity index (χ0n) is 13.2. The van der Waals surface area contributed by atoms with Gasteiger partial charge in [0.2, 0.25) is 5.95 Å². The summed E-state index contributed by atoms with van der Waals surface area (Å²) < 4.78 is 1.94. The Morgan fingerprint density at radius 1 is 1.00 bits per heavy atom. The van der Waals surface area contributed by atoms with E-state index in [2.05, 4.69) is 21.4 Å². The van der Waals surface area contributed by atoms with Crippen LogP contribution in [0.2, 0.25) is 0 Å². The van der Waals surface area contributed by atoms with E-state index in [1.807, 2.05) is 53.4 Å². The number of nitriles is 1. The van der Waals surface area contributed by atoms with Crippen molar-refractivity contribution in [2.45, 2.75) is 0 Å². The maximum Gasteiger partial charge on any atom is 0.229 e. The topological polar surface area (TPSA) is 92.5 Å². The Bertz CT molecular complexity index is 1090. The zero-order valence-corrected chi connectivity index (χ0v) is 13.2. The van der Waals surface area contributed by atoms with Gasteiger partial charge in [-0.3, -0.25) is 0 Å². The highest BCUT2D eigenvalue weighted by molar-refractivity contribution is 5.86. The number of hydrogen-bond acceptors (Lipinski definition) is 5. The molecule has 0 aliphatic carbocycles. The van der Waals surface area contributed by atoms with Gasteiger partial charge in [-0.2, -0.15) is 10.2 Å². The van der Waals surface area contributed by atoms with Crippen LogP contribution in [0.1, 0.15) is 5.56 Å². The molecule has 25 heavy (non-hydrogen) atoms. The van der Waals surface area contributed by atoms with E-state index in [0.29, 0.717) is 22.9 Å². The van der Waals surface area contributed by atoms with Gasteiger partial charge in [0.15, 0.2) is 0 Å². The second kappa shape index (κ2) is 5.98. The van der Waals surface area contributed by atoms with Gasteiger partial charge < -0.3 is 15.6 Å². The molecule has 2 aromatic heterocycles. The summed E-state index contributed by atoms with van der Waals surface area (Å²) in [6.45, 7) is 0. The molecule has 0 bridgehead atoms. The number of nitrogen functional groups attached to an aromatic ring is 1. The van der Waals surface area contributed by atoms with E-state index in [4.69, 9.17) is 11.0 Å². The summed E-state index contributed by atoms with van der Waals surface area (Å²) in [5.74, 6) is 1.22. The van der Waals surface area contributed by atoms with Crippen LogP contribution in [0.4, 0.5) is 17.3 Å². The Labute approximate surface area is 144 Å². The van der Waals surface area contributed by atoms with Crippen LogP contribution >= 0.6 is 0 Å². The Morgan fingerprint density at radius 2 is 1.80 bits per heavy atom. The summed E-state index contributed by atoms with van der Waals surface area (Å²) in [4.78, 5) is 9.21. The van der Waals surface area contributed by atoms with Crippen LogP contribution in [0.5, 0.6) is 0 Å². The van der Waals surface area contributed by atoms with Crippen molar-refractivity contribution in [3.8, 4) is 11.9 Å². The van der Waals surface area contributed by atoms with E-state index >= 15 is 0 Å². The molecular formula is C19H14N6. The van der Waals surface area contributed by atoms with Crippen molar-refractivity contribution in [3.63, 3.8) is 0 Å². The van der Waals surface area contributed by atoms with Gasteiger partial charge in [0.05, 0.1) is 17.1 Å². The molecule has 3 N–H and O–H groups in total. The Balaban J connectivity index is 1.83. The smallest absolute Gasteiger partial charge is 0.229 e. The quantitative estimate of drug-likeness (QED) is 0.561. The zero-order chi connectivity index (χ0) is 17.2. The van der Waals surface area contributed by atoms with Crippen LogP contribution in [-0.4, -0.2) is 14.5 Å². The van der Waals surface area contributed by atoms with E-state index in [-0.39, 0.29) is 0 Å². The normalized spacial score (nSPS) is 10.5. The van der Waals surface area contributed by atoms with Crippen LogP contribution in [0.15, 0.2) is 67.0 Å². The summed E-state index contributed by atoms with van der Waals surface area (Å²) in [6, 6.07) is 18.9. The second-order valence-corrected chi connectivity index (χ2v) is 5.56. The minimum atomic E-state index is 0.442. The van der Waals surface area contributed by atoms with Crippen LogP contribution in [0.3, 0.4) is 0 Å². The minimum Gasteiger partial charge on any atom is -0.399 e. The highest BCUT2D eigenvalue weighted by atomic mass is 15.2. The molecule has 2 heterocycles. The lowest BCUT2D eigenvalue weighted by atomic mass is 10.2. The highest BCUT2D eigenvalue weighted by Gasteiger charge is 2.09. The molecule has 2 aromatic carbocycles. The first kappa shape index (κ1) is 14.7. The van der Waals surface area contributed by atoms with Gasteiger partial charge in [-0.05, 0) is 42.5 Å². The molecule has 0 fully saturated rings. The maximum atomic E-state index is 9.10. The standard InChI is InChI=1S/C19H14N6/c20-12-13-9-14(21)11-15(10-13)22-19-23-17-6-2-1-5-16(17)18(24-19)25-7-3-4-8-25/h1-11H,21H2,(H,22,23,24). The molecule has 0 saturated carbocycles. The fourth-order valence-corrected chi connectivity index (χ4v) is 2.71. The first-order chi connectivity index (χ1) is 12.2. The molecule has 0 unspecified atom stereocenters. The number of para-hydroxylation sites is 1. The van der Waals surface area contributed by atoms with Gasteiger partial charge in [0.25, 0.3) is 0 Å². The molecule has 0 radical (unpaired) electrons. The number of anilines is 3. The largest absolute Gasteiger partial charge is 0.399 e. The number of hydrogen-bond donors (Lipinski definition) is 2. The van der Waals surface area contributed by atoms with Crippen molar-refractivity contribution in [1.82, 2.24) is 14.5 Å². The van der Waals surface area contributed by atoms with E-state index in [0.717, 1.165) is 16.7 Å². The molecule has 4 aromatic rings. The van der Waals surface area contributed by atoms with Crippen molar-refractivity contribution in [2.75, 3.05) is 11.1 Å². The summed E-state index contributed by atoms with van der Waals surface area (Å²) in [7, 11) is 0. The van der Waals surface area contributed by atoms with E-state index in [9.17, 15) is 0 Å². The molecule has 0 amide bonds. The van der Waals surface area contributed by atoms with Gasteiger partial charge in [-0.25, -0.2) is 4.98 Å². The minimum absolute atomic E-state index is 0.442. The molecule has 0 aliphatic heterocycles. The Kier molecular flexibility index (Phi) is 3.52. The van der Waals surface area contributed by atoms with Gasteiger partial charge in [0, 0.05) is 29.2 Å². The average Bonchev–Trinajstić information content (AvgIpc) is 3.15. The van der Waals surface area contributed by atoms with Crippen LogP contribution < -0.4 is 11.1 Å². The Morgan fingerprint density at radius 3 is 2.60 bits per heavy atom. The van der Waals surface area contributed by atoms with Crippen molar-refractivity contribution >= 4 is 28.2 Å². The third kappa shape index (κ3) is 2.86. The fraction of sp³-hybridized carbons (Fsp3) is 0. The summed E-state index contributed by atoms with van der Waals surface area (Å²) in [5.41, 5.74) is 8.34. The summed E-state index contributed by atoms with van der Waals surface area (Å²) >= 11 is 0. The first-order valence-electron chi connectivity index (χ1n) is 7.71. The molecular weight excluding hydrogens is 312 g/mol. The average molecular weight is 326 g/mol. The number of fused-ring (bicyclic) bond motifs is 1. The lowest BCUT2D eigenvalue weighted by molar-refractivity contribution is 1.01. The summed E-state index contributed by atoms with van der Waals surface area (Å²) in [5, 5.41) is 13.2. The number of nitrogens with two attached hydrogens (primary N) is 1. The predicted octanol–water partition coefficient (Wildman–Crippen LogP) is 3.62. The van der Waals surface area contributed by atoms with Gasteiger partial charge in [0.1, 0.15) is 5.82 Å². The van der Waals surface area contributed by atoms with Gasteiger partial charge in [-0.1, -0.05) is 12.1 Å². The number of rotatable bonds is 3. The van der Waals surface area contributed by atoms with Crippen molar-refractivity contribution < 1.29 is 0 Å². The monoisotopic (exact) mass is 326 g/mol. The molecule has 0 aliphatic rings. The molecule has 6 nitrogen and oxygen atoms in total. The molecule has 120 valence electrons. The maximum absolute atomic E-state index is 9.10. The van der Waals surface area contributed by atoms with Crippen molar-refractivity contribution in [2.24, 2.45) is 0 Å². The van der Waals surface area contributed by atoms with Crippen molar-refractivity contribution in [3.05, 3.63) is 72.6 Å². The first-order valence-corrected chi connectivity index (χ1v) is 7.71. The SMILES string of the molecule is N#Cc1cc(N)cc(Nc2nc(-n3cccc3)c3ccccc3n2)c1. The molecule has 4 rings (SSSR count). The van der Waals surface area contributed by atoms with Gasteiger partial charge in [-0.15, -0.1) is 0 Å². The number of nitrogens with zero attached hydrogens (tertiary/aromatic N) is 4. The Hall–Kier alpha value is -3.85. The van der Waals surface area contributed by atoms with Crippen LogP contribution in [0.25, 0.3) is 16.7 Å².